The number of methoxy groups -OCH3 is 1. The lowest BCUT2D eigenvalue weighted by atomic mass is 10.1. The van der Waals surface area contributed by atoms with Crippen molar-refractivity contribution in [2.75, 3.05) is 13.7 Å². The van der Waals surface area contributed by atoms with E-state index in [0.29, 0.717) is 18.7 Å². The van der Waals surface area contributed by atoms with Gasteiger partial charge < -0.3 is 14.6 Å². The molecule has 0 aliphatic rings. The van der Waals surface area contributed by atoms with Crippen molar-refractivity contribution >= 4 is 17.1 Å². The maximum Gasteiger partial charge on any atom is 0.333 e. The van der Waals surface area contributed by atoms with Crippen molar-refractivity contribution in [3.8, 4) is 0 Å². The fourth-order valence-electron chi connectivity index (χ4n) is 3.94. The van der Waals surface area contributed by atoms with Crippen molar-refractivity contribution in [1.29, 1.82) is 0 Å². The van der Waals surface area contributed by atoms with Gasteiger partial charge in [-0.15, -0.1) is 0 Å². The van der Waals surface area contributed by atoms with Gasteiger partial charge in [-0.05, 0) is 30.2 Å². The molecule has 1 atom stereocenters. The van der Waals surface area contributed by atoms with Gasteiger partial charge in [0.2, 0.25) is 5.91 Å². The number of ether oxygens (including phenoxy) is 1. The summed E-state index contributed by atoms with van der Waals surface area (Å²) in [4.78, 5) is 43.9. The van der Waals surface area contributed by atoms with Gasteiger partial charge in [0, 0.05) is 13.7 Å². The Morgan fingerprint density at radius 1 is 1.08 bits per heavy atom. The Kier molecular flexibility index (Phi) is 7.39. The Hall–Kier alpha value is -4.12. The van der Waals surface area contributed by atoms with Crippen LogP contribution in [0.5, 0.6) is 0 Å². The van der Waals surface area contributed by atoms with Crippen molar-refractivity contribution in [3.63, 3.8) is 0 Å². The lowest BCUT2D eigenvalue weighted by Crippen LogP contribution is -2.44. The molecule has 0 aliphatic heterocycles. The van der Waals surface area contributed by atoms with Gasteiger partial charge in [0.15, 0.2) is 22.8 Å². The molecule has 0 radical (unpaired) electrons. The number of hydrogen-bond donors (Lipinski definition) is 1. The second-order valence-electron chi connectivity index (χ2n) is 8.31. The Bertz CT molecular complexity index is 1510. The van der Waals surface area contributed by atoms with Crippen molar-refractivity contribution in [2.45, 2.75) is 32.6 Å². The van der Waals surface area contributed by atoms with Gasteiger partial charge in [-0.3, -0.25) is 14.2 Å². The fourth-order valence-corrected chi connectivity index (χ4v) is 3.94. The van der Waals surface area contributed by atoms with Gasteiger partial charge in [-0.25, -0.2) is 23.1 Å². The molecule has 0 fully saturated rings. The first-order valence-corrected chi connectivity index (χ1v) is 11.3. The number of carbonyl (C=O) groups is 1. The molecule has 36 heavy (non-hydrogen) atoms. The Morgan fingerprint density at radius 2 is 1.83 bits per heavy atom. The van der Waals surface area contributed by atoms with Crippen LogP contribution in [0.1, 0.15) is 24.1 Å². The van der Waals surface area contributed by atoms with Crippen LogP contribution in [-0.2, 0) is 29.2 Å². The van der Waals surface area contributed by atoms with Gasteiger partial charge in [0.05, 0.1) is 25.5 Å². The minimum absolute atomic E-state index is 0.143. The van der Waals surface area contributed by atoms with E-state index >= 15 is 0 Å². The van der Waals surface area contributed by atoms with E-state index in [-0.39, 0.29) is 17.7 Å². The number of imidazole rings is 1. The highest BCUT2D eigenvalue weighted by Crippen LogP contribution is 2.16. The van der Waals surface area contributed by atoms with E-state index in [9.17, 15) is 23.2 Å². The molecule has 0 saturated carbocycles. The molecule has 4 aromatic rings. The Labute approximate surface area is 204 Å². The highest BCUT2D eigenvalue weighted by atomic mass is 19.2. The molecule has 2 aromatic carbocycles. The molecule has 4 rings (SSSR count). The molecule has 0 spiro atoms. The summed E-state index contributed by atoms with van der Waals surface area (Å²) >= 11 is 0. The predicted octanol–water partition coefficient (Wildman–Crippen LogP) is 2.21. The molecule has 9 nitrogen and oxygen atoms in total. The molecule has 0 aliphatic carbocycles. The number of hydrogen-bond acceptors (Lipinski definition) is 5. The molecule has 1 N–H and O–H groups in total. The van der Waals surface area contributed by atoms with Gasteiger partial charge in [0.25, 0.3) is 5.56 Å². The molecule has 0 saturated heterocycles. The average molecular weight is 498 g/mol. The van der Waals surface area contributed by atoms with Gasteiger partial charge in [0.1, 0.15) is 6.54 Å². The van der Waals surface area contributed by atoms with Crippen LogP contribution < -0.4 is 16.6 Å². The monoisotopic (exact) mass is 497 g/mol. The highest BCUT2D eigenvalue weighted by molar-refractivity contribution is 5.77. The van der Waals surface area contributed by atoms with Crippen LogP contribution >= 0.6 is 0 Å². The first-order valence-electron chi connectivity index (χ1n) is 11.3. The molecule has 2 heterocycles. The number of aromatic nitrogens is 4. The van der Waals surface area contributed by atoms with Crippen molar-refractivity contribution < 1.29 is 18.3 Å². The Morgan fingerprint density at radius 3 is 2.53 bits per heavy atom. The molecule has 2 aromatic heterocycles. The lowest BCUT2D eigenvalue weighted by molar-refractivity contribution is -0.122. The largest absolute Gasteiger partial charge is 0.383 e. The molecular weight excluding hydrogens is 472 g/mol. The van der Waals surface area contributed by atoms with Crippen LogP contribution in [0.3, 0.4) is 0 Å². The summed E-state index contributed by atoms with van der Waals surface area (Å²) < 4.78 is 35.7. The number of carbonyl (C=O) groups excluding carboxylic acids is 1. The zero-order valence-electron chi connectivity index (χ0n) is 19.8. The fraction of sp³-hybridized carbons (Fsp3) is 0.280. The second kappa shape index (κ2) is 10.6. The zero-order valence-corrected chi connectivity index (χ0v) is 19.8. The van der Waals surface area contributed by atoms with E-state index < -0.39 is 41.4 Å². The third-order valence-electron chi connectivity index (χ3n) is 5.83. The quantitative estimate of drug-likeness (QED) is 0.382. The first kappa shape index (κ1) is 25.0. The first-order chi connectivity index (χ1) is 17.3. The normalized spacial score (nSPS) is 12.1. The maximum atomic E-state index is 13.6. The third kappa shape index (κ3) is 5.10. The number of amides is 1. The standard InChI is InChI=1S/C25H25F2N5O4/c1-16(18-8-9-19(26)20(27)12-18)29-21(33)14-32-24(34)22-23(28-15-30(22)10-11-36-2)31(25(32)35)13-17-6-4-3-5-7-17/h3-9,12,15-16H,10-11,13-14H2,1-2H3,(H,29,33). The highest BCUT2D eigenvalue weighted by Gasteiger charge is 2.21. The molecular formula is C25H25F2N5O4. The number of nitrogens with zero attached hydrogens (tertiary/aromatic N) is 4. The number of fused-ring (bicyclic) bond motifs is 1. The minimum atomic E-state index is -1.04. The van der Waals surface area contributed by atoms with Crippen LogP contribution in [0.15, 0.2) is 64.4 Å². The number of nitrogens with one attached hydrogen (secondary N) is 1. The SMILES string of the molecule is COCCn1cnc2c1c(=O)n(CC(=O)NC(C)c1ccc(F)c(F)c1)c(=O)n2Cc1ccccc1. The van der Waals surface area contributed by atoms with Crippen LogP contribution in [0, 0.1) is 11.6 Å². The third-order valence-corrected chi connectivity index (χ3v) is 5.83. The van der Waals surface area contributed by atoms with Crippen molar-refractivity contribution in [1.82, 2.24) is 24.0 Å². The van der Waals surface area contributed by atoms with E-state index in [0.717, 1.165) is 22.3 Å². The topological polar surface area (TPSA) is 100 Å². The lowest BCUT2D eigenvalue weighted by Gasteiger charge is -2.16. The summed E-state index contributed by atoms with van der Waals surface area (Å²) in [6, 6.07) is 11.8. The summed E-state index contributed by atoms with van der Waals surface area (Å²) in [7, 11) is 1.53. The van der Waals surface area contributed by atoms with E-state index in [1.54, 1.807) is 11.5 Å². The maximum absolute atomic E-state index is 13.6. The summed E-state index contributed by atoms with van der Waals surface area (Å²) in [5.74, 6) is -2.68. The van der Waals surface area contributed by atoms with Crippen LogP contribution in [-0.4, -0.2) is 38.3 Å². The average Bonchev–Trinajstić information content (AvgIpc) is 3.29. The summed E-state index contributed by atoms with van der Waals surface area (Å²) in [5, 5.41) is 2.63. The summed E-state index contributed by atoms with van der Waals surface area (Å²) in [6.45, 7) is 1.81. The minimum Gasteiger partial charge on any atom is -0.383 e. The smallest absolute Gasteiger partial charge is 0.333 e. The van der Waals surface area contributed by atoms with Gasteiger partial charge >= 0.3 is 5.69 Å². The Balaban J connectivity index is 1.71. The van der Waals surface area contributed by atoms with Crippen molar-refractivity contribution in [3.05, 3.63) is 98.5 Å². The van der Waals surface area contributed by atoms with Gasteiger partial charge in [-0.2, -0.15) is 0 Å². The van der Waals surface area contributed by atoms with Crippen LogP contribution in [0.2, 0.25) is 0 Å². The predicted molar refractivity (Wildman–Crippen MR) is 129 cm³/mol. The van der Waals surface area contributed by atoms with Crippen LogP contribution in [0.25, 0.3) is 11.2 Å². The van der Waals surface area contributed by atoms with E-state index in [1.807, 2.05) is 30.3 Å². The van der Waals surface area contributed by atoms with E-state index in [4.69, 9.17) is 4.74 Å². The zero-order chi connectivity index (χ0) is 25.8. The number of rotatable bonds is 9. The van der Waals surface area contributed by atoms with Gasteiger partial charge in [-0.1, -0.05) is 36.4 Å². The number of benzene rings is 2. The molecule has 0 bridgehead atoms. The van der Waals surface area contributed by atoms with Crippen LogP contribution in [0.4, 0.5) is 8.78 Å². The molecule has 1 unspecified atom stereocenters. The summed E-state index contributed by atoms with van der Waals surface area (Å²) in [5.41, 5.74) is 0.173. The number of halogens is 2. The van der Waals surface area contributed by atoms with E-state index in [1.165, 1.54) is 24.1 Å². The van der Waals surface area contributed by atoms with Crippen molar-refractivity contribution in [2.24, 2.45) is 0 Å². The molecule has 188 valence electrons. The molecule has 1 amide bonds. The van der Waals surface area contributed by atoms with E-state index in [2.05, 4.69) is 10.3 Å². The second-order valence-corrected chi connectivity index (χ2v) is 8.31. The summed E-state index contributed by atoms with van der Waals surface area (Å²) in [6.07, 6.45) is 1.46. The molecule has 11 heteroatoms.